The number of sulfone groups is 1. The molecule has 1 amide bonds. The largest absolute Gasteiger partial charge is 0.455 e. The maximum Gasteiger partial charge on any atom is 0.309 e. The Kier molecular flexibility index (Phi) is 5.76. The van der Waals surface area contributed by atoms with Crippen molar-refractivity contribution in [1.29, 1.82) is 0 Å². The van der Waals surface area contributed by atoms with Crippen molar-refractivity contribution in [3.05, 3.63) is 42.5 Å². The number of nitrogens with zero attached hydrogens (tertiary/aromatic N) is 1. The second-order valence-electron chi connectivity index (χ2n) is 6.75. The molecule has 0 N–H and O–H groups in total. The first kappa shape index (κ1) is 18.6. The van der Waals surface area contributed by atoms with E-state index >= 15 is 0 Å². The minimum atomic E-state index is -3.14. The molecule has 1 aliphatic carbocycles. The lowest BCUT2D eigenvalue weighted by molar-refractivity contribution is -0.152. The zero-order valence-electron chi connectivity index (χ0n) is 14.5. The van der Waals surface area contributed by atoms with Crippen LogP contribution >= 0.6 is 0 Å². The lowest BCUT2D eigenvalue weighted by Gasteiger charge is -2.28. The summed E-state index contributed by atoms with van der Waals surface area (Å²) in [7, 11) is -3.14. The van der Waals surface area contributed by atoms with E-state index in [1.54, 1.807) is 24.3 Å². The molecule has 140 valence electrons. The van der Waals surface area contributed by atoms with Crippen molar-refractivity contribution in [2.75, 3.05) is 23.0 Å². The molecule has 0 bridgehead atoms. The van der Waals surface area contributed by atoms with Crippen molar-refractivity contribution in [1.82, 2.24) is 0 Å². The van der Waals surface area contributed by atoms with Crippen molar-refractivity contribution < 1.29 is 22.7 Å². The SMILES string of the molecule is O=C(OCC(=O)N(c1ccccc1)[C@@H]1CCS(=O)(=O)C1)[C@@H]1CC=CCC1. The molecule has 2 aliphatic rings. The van der Waals surface area contributed by atoms with Crippen LogP contribution in [0.1, 0.15) is 25.7 Å². The van der Waals surface area contributed by atoms with E-state index in [-0.39, 0.29) is 30.0 Å². The van der Waals surface area contributed by atoms with Crippen LogP contribution in [0.3, 0.4) is 0 Å². The van der Waals surface area contributed by atoms with Gasteiger partial charge in [-0.2, -0.15) is 0 Å². The van der Waals surface area contributed by atoms with Gasteiger partial charge >= 0.3 is 5.97 Å². The van der Waals surface area contributed by atoms with Gasteiger partial charge < -0.3 is 9.64 Å². The van der Waals surface area contributed by atoms with Crippen LogP contribution in [-0.4, -0.2) is 44.4 Å². The molecule has 0 spiro atoms. The van der Waals surface area contributed by atoms with Gasteiger partial charge in [0.05, 0.1) is 23.5 Å². The van der Waals surface area contributed by atoms with E-state index in [1.165, 1.54) is 4.90 Å². The summed E-state index contributed by atoms with van der Waals surface area (Å²) >= 11 is 0. The van der Waals surface area contributed by atoms with E-state index in [4.69, 9.17) is 4.74 Å². The van der Waals surface area contributed by atoms with Gasteiger partial charge in [0.1, 0.15) is 0 Å². The zero-order valence-corrected chi connectivity index (χ0v) is 15.4. The highest BCUT2D eigenvalue weighted by Crippen LogP contribution is 2.25. The van der Waals surface area contributed by atoms with E-state index in [1.807, 2.05) is 18.2 Å². The van der Waals surface area contributed by atoms with Crippen LogP contribution in [-0.2, 0) is 24.2 Å². The molecule has 2 atom stereocenters. The number of esters is 1. The molecule has 1 aromatic carbocycles. The van der Waals surface area contributed by atoms with E-state index in [2.05, 4.69) is 0 Å². The summed E-state index contributed by atoms with van der Waals surface area (Å²) in [5.41, 5.74) is 0.622. The summed E-state index contributed by atoms with van der Waals surface area (Å²) in [6.45, 7) is -0.371. The highest BCUT2D eigenvalue weighted by atomic mass is 32.2. The third-order valence-corrected chi connectivity index (χ3v) is 6.57. The topological polar surface area (TPSA) is 80.8 Å². The molecule has 1 saturated heterocycles. The number of rotatable bonds is 5. The number of allylic oxidation sites excluding steroid dienone is 2. The number of anilines is 1. The third-order valence-electron chi connectivity index (χ3n) is 4.82. The highest BCUT2D eigenvalue weighted by Gasteiger charge is 2.36. The van der Waals surface area contributed by atoms with Crippen molar-refractivity contribution in [3.63, 3.8) is 0 Å². The number of amides is 1. The minimum Gasteiger partial charge on any atom is -0.455 e. The molecule has 0 saturated carbocycles. The Morgan fingerprint density at radius 1 is 1.12 bits per heavy atom. The number of carbonyl (C=O) groups excluding carboxylic acids is 2. The number of ether oxygens (including phenoxy) is 1. The molecule has 1 aromatic rings. The predicted molar refractivity (Wildman–Crippen MR) is 98.4 cm³/mol. The smallest absolute Gasteiger partial charge is 0.309 e. The van der Waals surface area contributed by atoms with Gasteiger partial charge in [0.15, 0.2) is 16.4 Å². The van der Waals surface area contributed by atoms with Crippen molar-refractivity contribution in [2.45, 2.75) is 31.7 Å². The van der Waals surface area contributed by atoms with Gasteiger partial charge in [0.2, 0.25) is 0 Å². The fourth-order valence-electron chi connectivity index (χ4n) is 3.45. The molecule has 0 unspecified atom stereocenters. The first-order chi connectivity index (χ1) is 12.5. The third kappa shape index (κ3) is 4.52. The van der Waals surface area contributed by atoms with Crippen molar-refractivity contribution in [3.8, 4) is 0 Å². The van der Waals surface area contributed by atoms with Gasteiger partial charge in [-0.05, 0) is 37.8 Å². The second kappa shape index (κ2) is 8.03. The maximum atomic E-state index is 12.8. The molecule has 0 aromatic heterocycles. The normalized spacial score (nSPS) is 24.2. The fraction of sp³-hybridized carbons (Fsp3) is 0.474. The van der Waals surface area contributed by atoms with Crippen LogP contribution in [0.2, 0.25) is 0 Å². The molecule has 7 heteroatoms. The second-order valence-corrected chi connectivity index (χ2v) is 8.97. The molecule has 6 nitrogen and oxygen atoms in total. The lowest BCUT2D eigenvalue weighted by Crippen LogP contribution is -2.43. The molecule has 1 aliphatic heterocycles. The molecular formula is C19H23NO5S. The van der Waals surface area contributed by atoms with Crippen molar-refractivity contribution >= 4 is 27.4 Å². The number of benzene rings is 1. The molecule has 26 heavy (non-hydrogen) atoms. The van der Waals surface area contributed by atoms with Gasteiger partial charge in [-0.3, -0.25) is 9.59 Å². The average molecular weight is 377 g/mol. The van der Waals surface area contributed by atoms with Gasteiger partial charge in [0, 0.05) is 5.69 Å². The van der Waals surface area contributed by atoms with Crippen LogP contribution in [0.15, 0.2) is 42.5 Å². The number of carbonyl (C=O) groups is 2. The Morgan fingerprint density at radius 3 is 2.50 bits per heavy atom. The highest BCUT2D eigenvalue weighted by molar-refractivity contribution is 7.91. The van der Waals surface area contributed by atoms with Gasteiger partial charge in [0.25, 0.3) is 5.91 Å². The molecule has 1 heterocycles. The number of hydrogen-bond donors (Lipinski definition) is 0. The van der Waals surface area contributed by atoms with E-state index in [0.29, 0.717) is 18.5 Å². The molecule has 3 rings (SSSR count). The summed E-state index contributed by atoms with van der Waals surface area (Å²) in [5.74, 6) is -0.949. The van der Waals surface area contributed by atoms with E-state index in [0.717, 1.165) is 12.8 Å². The van der Waals surface area contributed by atoms with Crippen LogP contribution in [0.4, 0.5) is 5.69 Å². The van der Waals surface area contributed by atoms with E-state index in [9.17, 15) is 18.0 Å². The van der Waals surface area contributed by atoms with Gasteiger partial charge in [-0.1, -0.05) is 30.4 Å². The first-order valence-corrected chi connectivity index (χ1v) is 10.7. The first-order valence-electron chi connectivity index (χ1n) is 8.85. The summed E-state index contributed by atoms with van der Waals surface area (Å²) in [5, 5.41) is 0. The maximum absolute atomic E-state index is 12.8. The summed E-state index contributed by atoms with van der Waals surface area (Å²) in [4.78, 5) is 26.4. The Bertz CT molecular complexity index is 787. The number of para-hydroxylation sites is 1. The predicted octanol–water partition coefficient (Wildman–Crippen LogP) is 2.11. The van der Waals surface area contributed by atoms with Gasteiger partial charge in [-0.15, -0.1) is 0 Å². The monoisotopic (exact) mass is 377 g/mol. The molecular weight excluding hydrogens is 354 g/mol. The van der Waals surface area contributed by atoms with Crippen LogP contribution < -0.4 is 4.90 Å². The van der Waals surface area contributed by atoms with Crippen LogP contribution in [0.25, 0.3) is 0 Å². The van der Waals surface area contributed by atoms with Gasteiger partial charge in [-0.25, -0.2) is 8.42 Å². The van der Waals surface area contributed by atoms with Crippen LogP contribution in [0.5, 0.6) is 0 Å². The Labute approximate surface area is 153 Å². The minimum absolute atomic E-state index is 0.0605. The van der Waals surface area contributed by atoms with Crippen LogP contribution in [0, 0.1) is 5.92 Å². The summed E-state index contributed by atoms with van der Waals surface area (Å²) in [6.07, 6.45) is 6.58. The zero-order chi connectivity index (χ0) is 18.6. The average Bonchev–Trinajstić information content (AvgIpc) is 3.01. The van der Waals surface area contributed by atoms with E-state index < -0.39 is 21.8 Å². The van der Waals surface area contributed by atoms with Crippen molar-refractivity contribution in [2.24, 2.45) is 5.92 Å². The molecule has 1 fully saturated rings. The molecule has 0 radical (unpaired) electrons. The quantitative estimate of drug-likeness (QED) is 0.580. The lowest BCUT2D eigenvalue weighted by atomic mass is 9.95. The Hall–Kier alpha value is -2.15. The Balaban J connectivity index is 1.69. The summed E-state index contributed by atoms with van der Waals surface area (Å²) in [6, 6.07) is 8.51. The summed E-state index contributed by atoms with van der Waals surface area (Å²) < 4.78 is 28.9. The Morgan fingerprint density at radius 2 is 1.88 bits per heavy atom. The standard InChI is InChI=1S/C19H23NO5S/c21-18(13-25-19(22)15-7-3-1-4-8-15)20(16-9-5-2-6-10-16)17-11-12-26(23,24)14-17/h1-3,5-6,9-10,15,17H,4,7-8,11-14H2/t15-,17-/m1/s1. The fourth-order valence-corrected chi connectivity index (χ4v) is 5.15. The number of hydrogen-bond acceptors (Lipinski definition) is 5.